The van der Waals surface area contributed by atoms with Gasteiger partial charge in [0.15, 0.2) is 0 Å². The van der Waals surface area contributed by atoms with Crippen LogP contribution in [0.25, 0.3) is 0 Å². The molecule has 5 nitrogen and oxygen atoms in total. The zero-order chi connectivity index (χ0) is 13.0. The van der Waals surface area contributed by atoms with Crippen molar-refractivity contribution in [3.8, 4) is 0 Å². The number of piperidine rings is 1. The van der Waals surface area contributed by atoms with Crippen molar-refractivity contribution in [3.05, 3.63) is 23.7 Å². The zero-order valence-electron chi connectivity index (χ0n) is 10.9. The highest BCUT2D eigenvalue weighted by atomic mass is 16.5. The molecule has 1 aliphatic heterocycles. The molecule has 0 spiro atoms. The highest BCUT2D eigenvalue weighted by Crippen LogP contribution is 2.12. The third-order valence-corrected chi connectivity index (χ3v) is 3.33. The molecule has 5 heteroatoms. The van der Waals surface area contributed by atoms with Gasteiger partial charge in [0.25, 0.3) is 0 Å². The minimum Gasteiger partial charge on any atom is -0.463 e. The molecule has 1 saturated heterocycles. The molecule has 1 aromatic heterocycles. The Kier molecular flexibility index (Phi) is 4.38. The smallest absolute Gasteiger partial charge is 0.373 e. The molecular weight excluding hydrogens is 232 g/mol. The van der Waals surface area contributed by atoms with E-state index < -0.39 is 5.97 Å². The third kappa shape index (κ3) is 3.34. The lowest BCUT2D eigenvalue weighted by molar-refractivity contribution is 0.0562. The van der Waals surface area contributed by atoms with Crippen LogP contribution in [-0.4, -0.2) is 44.2 Å². The summed E-state index contributed by atoms with van der Waals surface area (Å²) in [7, 11) is 3.49. The van der Waals surface area contributed by atoms with Crippen LogP contribution in [0, 0.1) is 0 Å². The van der Waals surface area contributed by atoms with Gasteiger partial charge in [-0.15, -0.1) is 0 Å². The van der Waals surface area contributed by atoms with E-state index in [-0.39, 0.29) is 5.76 Å². The number of hydrogen-bond acceptors (Lipinski definition) is 5. The second-order valence-corrected chi connectivity index (χ2v) is 4.72. The Morgan fingerprint density at radius 2 is 2.22 bits per heavy atom. The fourth-order valence-corrected chi connectivity index (χ4v) is 2.14. The number of hydrogen-bond donors (Lipinski definition) is 1. The molecule has 0 unspecified atom stereocenters. The van der Waals surface area contributed by atoms with Crippen molar-refractivity contribution in [3.63, 3.8) is 0 Å². The summed E-state index contributed by atoms with van der Waals surface area (Å²) in [6, 6.07) is 4.00. The molecule has 100 valence electrons. The monoisotopic (exact) mass is 252 g/mol. The highest BCUT2D eigenvalue weighted by Gasteiger charge is 2.17. The Balaban J connectivity index is 1.79. The summed E-state index contributed by atoms with van der Waals surface area (Å²) < 4.78 is 10.00. The van der Waals surface area contributed by atoms with Crippen LogP contribution < -0.4 is 5.32 Å². The number of likely N-dealkylation sites (tertiary alicyclic amines) is 1. The van der Waals surface area contributed by atoms with E-state index in [2.05, 4.69) is 22.0 Å². The summed E-state index contributed by atoms with van der Waals surface area (Å²) in [5, 5.41) is 3.46. The van der Waals surface area contributed by atoms with Crippen LogP contribution in [0.2, 0.25) is 0 Å². The average Bonchev–Trinajstić information content (AvgIpc) is 2.86. The molecule has 2 heterocycles. The van der Waals surface area contributed by atoms with Gasteiger partial charge in [-0.1, -0.05) is 0 Å². The first kappa shape index (κ1) is 13.1. The van der Waals surface area contributed by atoms with Gasteiger partial charge in [-0.2, -0.15) is 0 Å². The summed E-state index contributed by atoms with van der Waals surface area (Å²) in [5.74, 6) is 0.604. The quantitative estimate of drug-likeness (QED) is 0.817. The van der Waals surface area contributed by atoms with Gasteiger partial charge in [-0.05, 0) is 45.1 Å². The van der Waals surface area contributed by atoms with Gasteiger partial charge >= 0.3 is 5.97 Å². The maximum atomic E-state index is 11.2. The van der Waals surface area contributed by atoms with Crippen molar-refractivity contribution in [1.82, 2.24) is 10.2 Å². The second-order valence-electron chi connectivity index (χ2n) is 4.72. The molecule has 2 rings (SSSR count). The fourth-order valence-electron chi connectivity index (χ4n) is 2.14. The van der Waals surface area contributed by atoms with Gasteiger partial charge in [-0.25, -0.2) is 4.79 Å². The van der Waals surface area contributed by atoms with E-state index in [1.807, 2.05) is 6.07 Å². The Bertz CT molecular complexity index is 395. The molecule has 1 aliphatic rings. The normalized spacial score (nSPS) is 17.9. The van der Waals surface area contributed by atoms with E-state index in [1.54, 1.807) is 6.07 Å². The number of nitrogens with one attached hydrogen (secondary N) is 1. The summed E-state index contributed by atoms with van der Waals surface area (Å²) in [4.78, 5) is 13.6. The number of carbonyl (C=O) groups excluding carboxylic acids is 1. The first-order chi connectivity index (χ1) is 8.69. The van der Waals surface area contributed by atoms with Crippen LogP contribution in [0.15, 0.2) is 16.5 Å². The predicted octanol–water partition coefficient (Wildman–Crippen LogP) is 1.25. The number of rotatable bonds is 4. The minimum atomic E-state index is -0.430. The van der Waals surface area contributed by atoms with Crippen LogP contribution >= 0.6 is 0 Å². The number of nitrogens with zero attached hydrogens (tertiary/aromatic N) is 1. The first-order valence-corrected chi connectivity index (χ1v) is 6.28. The van der Waals surface area contributed by atoms with Gasteiger partial charge in [0.05, 0.1) is 13.7 Å². The number of methoxy groups -OCH3 is 1. The lowest BCUT2D eigenvalue weighted by Gasteiger charge is -2.29. The van der Waals surface area contributed by atoms with E-state index in [0.717, 1.165) is 31.7 Å². The van der Waals surface area contributed by atoms with Crippen LogP contribution in [0.1, 0.15) is 29.2 Å². The molecule has 18 heavy (non-hydrogen) atoms. The molecule has 1 aromatic rings. The van der Waals surface area contributed by atoms with Crippen molar-refractivity contribution in [1.29, 1.82) is 0 Å². The molecule has 0 saturated carbocycles. The molecule has 0 aliphatic carbocycles. The van der Waals surface area contributed by atoms with E-state index in [0.29, 0.717) is 12.6 Å². The van der Waals surface area contributed by atoms with Crippen LogP contribution in [0.5, 0.6) is 0 Å². The predicted molar refractivity (Wildman–Crippen MR) is 67.4 cm³/mol. The van der Waals surface area contributed by atoms with Gasteiger partial charge in [0.2, 0.25) is 5.76 Å². The Morgan fingerprint density at radius 1 is 1.50 bits per heavy atom. The Labute approximate surface area is 107 Å². The van der Waals surface area contributed by atoms with Crippen molar-refractivity contribution < 1.29 is 13.9 Å². The van der Waals surface area contributed by atoms with Crippen LogP contribution in [0.4, 0.5) is 0 Å². The molecule has 0 radical (unpaired) electrons. The van der Waals surface area contributed by atoms with Crippen molar-refractivity contribution in [2.75, 3.05) is 27.2 Å². The van der Waals surface area contributed by atoms with Crippen molar-refractivity contribution in [2.45, 2.75) is 25.4 Å². The molecule has 0 atom stereocenters. The maximum Gasteiger partial charge on any atom is 0.373 e. The molecule has 0 bridgehead atoms. The lowest BCUT2D eigenvalue weighted by Crippen LogP contribution is -2.40. The first-order valence-electron chi connectivity index (χ1n) is 6.28. The molecule has 1 N–H and O–H groups in total. The summed E-state index contributed by atoms with van der Waals surface area (Å²) in [5.41, 5.74) is 0. The van der Waals surface area contributed by atoms with Gasteiger partial charge in [0.1, 0.15) is 5.76 Å². The van der Waals surface area contributed by atoms with E-state index in [9.17, 15) is 4.79 Å². The second kappa shape index (κ2) is 6.02. The highest BCUT2D eigenvalue weighted by molar-refractivity contribution is 5.86. The average molecular weight is 252 g/mol. The van der Waals surface area contributed by atoms with Crippen LogP contribution in [0.3, 0.4) is 0 Å². The molecular formula is C13H20N2O3. The van der Waals surface area contributed by atoms with Gasteiger partial charge in [0, 0.05) is 6.04 Å². The molecule has 0 amide bonds. The number of esters is 1. The Morgan fingerprint density at radius 3 is 2.89 bits per heavy atom. The largest absolute Gasteiger partial charge is 0.463 e. The van der Waals surface area contributed by atoms with Gasteiger partial charge < -0.3 is 19.4 Å². The fraction of sp³-hybridized carbons (Fsp3) is 0.615. The topological polar surface area (TPSA) is 54.7 Å². The number of furan rings is 1. The minimum absolute atomic E-state index is 0.262. The Hall–Kier alpha value is -1.33. The summed E-state index contributed by atoms with van der Waals surface area (Å²) in [6.07, 6.45) is 2.31. The zero-order valence-corrected chi connectivity index (χ0v) is 10.9. The lowest BCUT2D eigenvalue weighted by atomic mass is 10.1. The third-order valence-electron chi connectivity index (χ3n) is 3.33. The van der Waals surface area contributed by atoms with Gasteiger partial charge in [-0.3, -0.25) is 0 Å². The number of ether oxygens (including phenoxy) is 1. The summed E-state index contributed by atoms with van der Waals surface area (Å²) in [6.45, 7) is 2.91. The number of carbonyl (C=O) groups is 1. The maximum absolute atomic E-state index is 11.2. The van der Waals surface area contributed by atoms with E-state index in [1.165, 1.54) is 7.11 Å². The van der Waals surface area contributed by atoms with E-state index in [4.69, 9.17) is 4.42 Å². The van der Waals surface area contributed by atoms with E-state index >= 15 is 0 Å². The standard InChI is InChI=1S/C13H20N2O3/c1-15-7-5-10(6-8-15)14-9-11-3-4-12(18-11)13(16)17-2/h3-4,10,14H,5-9H2,1-2H3. The van der Waals surface area contributed by atoms with Crippen molar-refractivity contribution in [2.24, 2.45) is 0 Å². The SMILES string of the molecule is COC(=O)c1ccc(CNC2CCN(C)CC2)o1. The van der Waals surface area contributed by atoms with Crippen LogP contribution in [-0.2, 0) is 11.3 Å². The van der Waals surface area contributed by atoms with Crippen molar-refractivity contribution >= 4 is 5.97 Å². The molecule has 0 aromatic carbocycles. The molecule has 1 fully saturated rings. The summed E-state index contributed by atoms with van der Waals surface area (Å²) >= 11 is 0.